The van der Waals surface area contributed by atoms with Crippen molar-refractivity contribution in [2.24, 2.45) is 5.73 Å². The number of nitrogens with two attached hydrogens (primary N) is 1. The number of rotatable bonds is 2. The van der Waals surface area contributed by atoms with Crippen molar-refractivity contribution in [3.05, 3.63) is 52.7 Å². The molecule has 0 fully saturated rings. The van der Waals surface area contributed by atoms with E-state index in [4.69, 9.17) is 5.73 Å². The third-order valence-corrected chi connectivity index (χ3v) is 3.15. The van der Waals surface area contributed by atoms with E-state index < -0.39 is 5.91 Å². The highest BCUT2D eigenvalue weighted by molar-refractivity contribution is 5.94. The minimum Gasteiger partial charge on any atom is -0.366 e. The van der Waals surface area contributed by atoms with Crippen molar-refractivity contribution in [1.82, 2.24) is 4.98 Å². The zero-order chi connectivity index (χ0) is 13.3. The highest BCUT2D eigenvalue weighted by Crippen LogP contribution is 2.23. The molecule has 0 unspecified atom stereocenters. The summed E-state index contributed by atoms with van der Waals surface area (Å²) in [5, 5.41) is 0. The molecule has 1 aromatic heterocycles. The predicted molar refractivity (Wildman–Crippen MR) is 72.4 cm³/mol. The summed E-state index contributed by atoms with van der Waals surface area (Å²) in [6.07, 6.45) is 0. The number of primary amides is 1. The molecule has 1 aromatic carbocycles. The minimum absolute atomic E-state index is 0.417. The fourth-order valence-electron chi connectivity index (χ4n) is 1.83. The van der Waals surface area contributed by atoms with Gasteiger partial charge in [0.1, 0.15) is 0 Å². The van der Waals surface area contributed by atoms with E-state index in [1.807, 2.05) is 39.0 Å². The first-order valence-corrected chi connectivity index (χ1v) is 5.84. The van der Waals surface area contributed by atoms with Crippen LogP contribution in [0.1, 0.15) is 27.2 Å². The van der Waals surface area contributed by atoms with Gasteiger partial charge in [-0.3, -0.25) is 9.78 Å². The Bertz CT molecular complexity index is 618. The van der Waals surface area contributed by atoms with Gasteiger partial charge in [0.2, 0.25) is 5.91 Å². The second-order valence-electron chi connectivity index (χ2n) is 4.49. The van der Waals surface area contributed by atoms with Gasteiger partial charge in [-0.2, -0.15) is 0 Å². The van der Waals surface area contributed by atoms with E-state index >= 15 is 0 Å². The second-order valence-corrected chi connectivity index (χ2v) is 4.49. The van der Waals surface area contributed by atoms with Crippen LogP contribution in [0.2, 0.25) is 0 Å². The monoisotopic (exact) mass is 240 g/mol. The molecule has 0 aliphatic carbocycles. The molecule has 1 heterocycles. The first-order chi connectivity index (χ1) is 8.49. The number of amides is 1. The third-order valence-electron chi connectivity index (χ3n) is 3.15. The van der Waals surface area contributed by atoms with Gasteiger partial charge in [-0.25, -0.2) is 0 Å². The smallest absolute Gasteiger partial charge is 0.248 e. The van der Waals surface area contributed by atoms with Gasteiger partial charge in [-0.1, -0.05) is 12.1 Å². The molecule has 1 amide bonds. The zero-order valence-corrected chi connectivity index (χ0v) is 10.8. The van der Waals surface area contributed by atoms with Crippen LogP contribution in [0.3, 0.4) is 0 Å². The van der Waals surface area contributed by atoms with E-state index in [-0.39, 0.29) is 0 Å². The summed E-state index contributed by atoms with van der Waals surface area (Å²) in [4.78, 5) is 15.8. The maximum Gasteiger partial charge on any atom is 0.248 e. The lowest BCUT2D eigenvalue weighted by molar-refractivity contribution is 0.100. The lowest BCUT2D eigenvalue weighted by Crippen LogP contribution is -2.11. The van der Waals surface area contributed by atoms with Gasteiger partial charge in [0.15, 0.2) is 0 Å². The first kappa shape index (κ1) is 12.3. The standard InChI is InChI=1S/C15H16N2O/c1-9-5-7-14(17-11(9)3)13-8-12(15(16)18)6-4-10(13)2/h4-8H,1-3H3,(H2,16,18). The topological polar surface area (TPSA) is 56.0 Å². The van der Waals surface area contributed by atoms with Gasteiger partial charge in [0.05, 0.1) is 5.69 Å². The molecule has 0 saturated carbocycles. The van der Waals surface area contributed by atoms with Gasteiger partial charge in [-0.05, 0) is 50.1 Å². The number of aromatic nitrogens is 1. The molecule has 3 heteroatoms. The number of nitrogens with zero attached hydrogens (tertiary/aromatic N) is 1. The van der Waals surface area contributed by atoms with Gasteiger partial charge < -0.3 is 5.73 Å². The van der Waals surface area contributed by atoms with Crippen LogP contribution in [0.4, 0.5) is 0 Å². The number of pyridine rings is 1. The average molecular weight is 240 g/mol. The summed E-state index contributed by atoms with van der Waals surface area (Å²) >= 11 is 0. The molecule has 0 bridgehead atoms. The van der Waals surface area contributed by atoms with Gasteiger partial charge in [0.25, 0.3) is 0 Å². The Morgan fingerprint density at radius 1 is 1.06 bits per heavy atom. The Morgan fingerprint density at radius 2 is 1.72 bits per heavy atom. The molecular weight excluding hydrogens is 224 g/mol. The normalized spacial score (nSPS) is 10.4. The molecule has 0 saturated heterocycles. The SMILES string of the molecule is Cc1ccc(C(N)=O)cc1-c1ccc(C)c(C)n1. The number of carbonyl (C=O) groups excluding carboxylic acids is 1. The van der Waals surface area contributed by atoms with Gasteiger partial charge in [0, 0.05) is 16.8 Å². The van der Waals surface area contributed by atoms with Crippen molar-refractivity contribution in [2.75, 3.05) is 0 Å². The number of carbonyl (C=O) groups is 1. The summed E-state index contributed by atoms with van der Waals surface area (Å²) in [6, 6.07) is 9.44. The highest BCUT2D eigenvalue weighted by atomic mass is 16.1. The average Bonchev–Trinajstić information content (AvgIpc) is 2.33. The third kappa shape index (κ3) is 2.25. The van der Waals surface area contributed by atoms with Crippen molar-refractivity contribution in [3.63, 3.8) is 0 Å². The molecule has 2 N–H and O–H groups in total. The predicted octanol–water partition coefficient (Wildman–Crippen LogP) is 2.77. The summed E-state index contributed by atoms with van der Waals surface area (Å²) in [5.74, 6) is -0.417. The van der Waals surface area contributed by atoms with Crippen molar-refractivity contribution in [3.8, 4) is 11.3 Å². The summed E-state index contributed by atoms with van der Waals surface area (Å²) in [6.45, 7) is 6.00. The van der Waals surface area contributed by atoms with E-state index in [0.29, 0.717) is 5.56 Å². The van der Waals surface area contributed by atoms with Crippen LogP contribution in [-0.4, -0.2) is 10.9 Å². The molecule has 0 aliphatic rings. The Morgan fingerprint density at radius 3 is 2.33 bits per heavy atom. The molecule has 3 nitrogen and oxygen atoms in total. The van der Waals surface area contributed by atoms with E-state index in [9.17, 15) is 4.79 Å². The molecule has 0 aliphatic heterocycles. The molecule has 2 rings (SSSR count). The molecular formula is C15H16N2O. The summed E-state index contributed by atoms with van der Waals surface area (Å²) in [5.41, 5.74) is 10.9. The first-order valence-electron chi connectivity index (χ1n) is 5.84. The summed E-state index contributed by atoms with van der Waals surface area (Å²) < 4.78 is 0. The highest BCUT2D eigenvalue weighted by Gasteiger charge is 2.08. The summed E-state index contributed by atoms with van der Waals surface area (Å²) in [7, 11) is 0. The molecule has 0 spiro atoms. The van der Waals surface area contributed by atoms with Crippen LogP contribution < -0.4 is 5.73 Å². The number of hydrogen-bond acceptors (Lipinski definition) is 2. The van der Waals surface area contributed by atoms with Crippen molar-refractivity contribution < 1.29 is 4.79 Å². The fraction of sp³-hybridized carbons (Fsp3) is 0.200. The Labute approximate surface area is 107 Å². The van der Waals surface area contributed by atoms with Gasteiger partial charge >= 0.3 is 0 Å². The lowest BCUT2D eigenvalue weighted by atomic mass is 10.0. The van der Waals surface area contributed by atoms with Crippen LogP contribution in [0, 0.1) is 20.8 Å². The van der Waals surface area contributed by atoms with Crippen LogP contribution >= 0.6 is 0 Å². The Hall–Kier alpha value is -2.16. The van der Waals surface area contributed by atoms with Crippen molar-refractivity contribution >= 4 is 5.91 Å². The van der Waals surface area contributed by atoms with Crippen LogP contribution in [0.25, 0.3) is 11.3 Å². The van der Waals surface area contributed by atoms with Crippen LogP contribution in [0.15, 0.2) is 30.3 Å². The van der Waals surface area contributed by atoms with E-state index in [0.717, 1.165) is 28.1 Å². The minimum atomic E-state index is -0.417. The second kappa shape index (κ2) is 4.61. The van der Waals surface area contributed by atoms with E-state index in [1.165, 1.54) is 0 Å². The quantitative estimate of drug-likeness (QED) is 0.877. The molecule has 0 atom stereocenters. The van der Waals surface area contributed by atoms with E-state index in [2.05, 4.69) is 4.98 Å². The molecule has 92 valence electrons. The van der Waals surface area contributed by atoms with Crippen molar-refractivity contribution in [1.29, 1.82) is 0 Å². The number of benzene rings is 1. The number of hydrogen-bond donors (Lipinski definition) is 1. The zero-order valence-electron chi connectivity index (χ0n) is 10.8. The fourth-order valence-corrected chi connectivity index (χ4v) is 1.83. The maximum atomic E-state index is 11.2. The maximum absolute atomic E-state index is 11.2. The Kier molecular flexibility index (Phi) is 3.15. The van der Waals surface area contributed by atoms with Crippen LogP contribution in [-0.2, 0) is 0 Å². The molecule has 18 heavy (non-hydrogen) atoms. The van der Waals surface area contributed by atoms with Gasteiger partial charge in [-0.15, -0.1) is 0 Å². The Balaban J connectivity index is 2.58. The molecule has 2 aromatic rings. The largest absolute Gasteiger partial charge is 0.366 e. The lowest BCUT2D eigenvalue weighted by Gasteiger charge is -2.09. The van der Waals surface area contributed by atoms with Crippen molar-refractivity contribution in [2.45, 2.75) is 20.8 Å². The van der Waals surface area contributed by atoms with E-state index in [1.54, 1.807) is 12.1 Å². The molecule has 0 radical (unpaired) electrons. The van der Waals surface area contributed by atoms with Crippen LogP contribution in [0.5, 0.6) is 0 Å². The number of aryl methyl sites for hydroxylation is 3.